The molecule has 1 aliphatic heterocycles. The second-order valence-corrected chi connectivity index (χ2v) is 6.93. The molecular weight excluding hydrogens is 338 g/mol. The lowest BCUT2D eigenvalue weighted by Crippen LogP contribution is -2.49. The Morgan fingerprint density at radius 1 is 1.24 bits per heavy atom. The van der Waals surface area contributed by atoms with Crippen molar-refractivity contribution in [2.75, 3.05) is 25.0 Å². The van der Waals surface area contributed by atoms with E-state index in [0.29, 0.717) is 24.4 Å². The second kappa shape index (κ2) is 10.4. The molecule has 0 bridgehead atoms. The first kappa shape index (κ1) is 19.7. The van der Waals surface area contributed by atoms with Crippen LogP contribution in [0.5, 0.6) is 0 Å². The number of hydrogen-bond acceptors (Lipinski definition) is 3. The summed E-state index contributed by atoms with van der Waals surface area (Å²) in [7, 11) is 0. The third-order valence-electron chi connectivity index (χ3n) is 4.43. The SMILES string of the molecule is CCCN1CCCCC1C(=O)NCCCC(=O)Nc1ccc(Cl)cc1. The van der Waals surface area contributed by atoms with Crippen LogP contribution in [-0.4, -0.2) is 42.4 Å². The van der Waals surface area contributed by atoms with Crippen LogP contribution in [0.4, 0.5) is 5.69 Å². The minimum absolute atomic E-state index is 0.00315. The van der Waals surface area contributed by atoms with Crippen molar-refractivity contribution in [3.05, 3.63) is 29.3 Å². The third-order valence-corrected chi connectivity index (χ3v) is 4.69. The number of rotatable bonds is 8. The quantitative estimate of drug-likeness (QED) is 0.694. The van der Waals surface area contributed by atoms with Crippen LogP contribution >= 0.6 is 11.6 Å². The number of nitrogens with zero attached hydrogens (tertiary/aromatic N) is 1. The molecule has 1 unspecified atom stereocenters. The summed E-state index contributed by atoms with van der Waals surface area (Å²) in [6.45, 7) is 4.66. The number of halogens is 1. The summed E-state index contributed by atoms with van der Waals surface area (Å²) in [6.07, 6.45) is 5.30. The van der Waals surface area contributed by atoms with E-state index in [9.17, 15) is 9.59 Å². The molecular formula is C19H28ClN3O2. The molecule has 0 spiro atoms. The van der Waals surface area contributed by atoms with Crippen LogP contribution in [0.1, 0.15) is 45.4 Å². The van der Waals surface area contributed by atoms with E-state index in [2.05, 4.69) is 22.5 Å². The molecule has 1 aromatic rings. The van der Waals surface area contributed by atoms with E-state index < -0.39 is 0 Å². The van der Waals surface area contributed by atoms with Crippen LogP contribution in [0, 0.1) is 0 Å². The van der Waals surface area contributed by atoms with Crippen molar-refractivity contribution < 1.29 is 9.59 Å². The van der Waals surface area contributed by atoms with E-state index in [4.69, 9.17) is 11.6 Å². The minimum Gasteiger partial charge on any atom is -0.355 e. The summed E-state index contributed by atoms with van der Waals surface area (Å²) >= 11 is 5.82. The highest BCUT2D eigenvalue weighted by Crippen LogP contribution is 2.17. The van der Waals surface area contributed by atoms with Crippen LogP contribution in [0.2, 0.25) is 5.02 Å². The van der Waals surface area contributed by atoms with E-state index in [1.807, 2.05) is 0 Å². The molecule has 1 heterocycles. The van der Waals surface area contributed by atoms with Crippen molar-refractivity contribution in [3.63, 3.8) is 0 Å². The topological polar surface area (TPSA) is 61.4 Å². The molecule has 1 saturated heterocycles. The first-order valence-electron chi connectivity index (χ1n) is 9.17. The van der Waals surface area contributed by atoms with Crippen LogP contribution < -0.4 is 10.6 Å². The van der Waals surface area contributed by atoms with Crippen LogP contribution in [0.25, 0.3) is 0 Å². The Labute approximate surface area is 155 Å². The van der Waals surface area contributed by atoms with Crippen molar-refractivity contribution in [1.29, 1.82) is 0 Å². The van der Waals surface area contributed by atoms with Gasteiger partial charge in [-0.25, -0.2) is 0 Å². The second-order valence-electron chi connectivity index (χ2n) is 6.50. The molecule has 0 saturated carbocycles. The lowest BCUT2D eigenvalue weighted by molar-refractivity contribution is -0.127. The molecule has 0 aliphatic carbocycles. The van der Waals surface area contributed by atoms with Gasteiger partial charge in [-0.05, 0) is 63.0 Å². The molecule has 138 valence electrons. The van der Waals surface area contributed by atoms with Gasteiger partial charge in [-0.2, -0.15) is 0 Å². The maximum absolute atomic E-state index is 12.4. The molecule has 25 heavy (non-hydrogen) atoms. The van der Waals surface area contributed by atoms with Gasteiger partial charge in [0.25, 0.3) is 0 Å². The largest absolute Gasteiger partial charge is 0.355 e. The maximum atomic E-state index is 12.4. The molecule has 0 aromatic heterocycles. The van der Waals surface area contributed by atoms with Crippen LogP contribution in [0.15, 0.2) is 24.3 Å². The number of nitrogens with one attached hydrogen (secondary N) is 2. The molecule has 1 aliphatic rings. The van der Waals surface area contributed by atoms with Gasteiger partial charge < -0.3 is 10.6 Å². The number of amides is 2. The third kappa shape index (κ3) is 6.67. The zero-order chi connectivity index (χ0) is 18.1. The van der Waals surface area contributed by atoms with Gasteiger partial charge in [-0.1, -0.05) is 24.9 Å². The van der Waals surface area contributed by atoms with Gasteiger partial charge in [-0.15, -0.1) is 0 Å². The van der Waals surface area contributed by atoms with Gasteiger partial charge in [0, 0.05) is 23.7 Å². The molecule has 1 atom stereocenters. The molecule has 2 rings (SSSR count). The zero-order valence-corrected chi connectivity index (χ0v) is 15.6. The minimum atomic E-state index is -0.0538. The van der Waals surface area contributed by atoms with Crippen molar-refractivity contribution in [1.82, 2.24) is 10.2 Å². The van der Waals surface area contributed by atoms with Gasteiger partial charge in [0.15, 0.2) is 0 Å². The highest BCUT2D eigenvalue weighted by atomic mass is 35.5. The smallest absolute Gasteiger partial charge is 0.237 e. The summed E-state index contributed by atoms with van der Waals surface area (Å²) in [5.41, 5.74) is 0.732. The van der Waals surface area contributed by atoms with Crippen molar-refractivity contribution in [2.24, 2.45) is 0 Å². The normalized spacial score (nSPS) is 17.9. The molecule has 1 aromatic carbocycles. The van der Waals surface area contributed by atoms with Crippen molar-refractivity contribution in [2.45, 2.75) is 51.5 Å². The maximum Gasteiger partial charge on any atom is 0.237 e. The molecule has 2 N–H and O–H groups in total. The molecule has 1 fully saturated rings. The number of likely N-dealkylation sites (tertiary alicyclic amines) is 1. The van der Waals surface area contributed by atoms with E-state index in [1.165, 1.54) is 6.42 Å². The van der Waals surface area contributed by atoms with E-state index >= 15 is 0 Å². The molecule has 0 radical (unpaired) electrons. The Kier molecular flexibility index (Phi) is 8.22. The fraction of sp³-hybridized carbons (Fsp3) is 0.579. The van der Waals surface area contributed by atoms with Crippen LogP contribution in [0.3, 0.4) is 0 Å². The Morgan fingerprint density at radius 2 is 2.00 bits per heavy atom. The Bertz CT molecular complexity index is 560. The van der Waals surface area contributed by atoms with E-state index in [0.717, 1.165) is 38.0 Å². The lowest BCUT2D eigenvalue weighted by atomic mass is 10.0. The number of hydrogen-bond donors (Lipinski definition) is 2. The van der Waals surface area contributed by atoms with E-state index in [1.54, 1.807) is 24.3 Å². The highest BCUT2D eigenvalue weighted by Gasteiger charge is 2.27. The number of anilines is 1. The monoisotopic (exact) mass is 365 g/mol. The Balaban J connectivity index is 1.66. The summed E-state index contributed by atoms with van der Waals surface area (Å²) < 4.78 is 0. The Hall–Kier alpha value is -1.59. The highest BCUT2D eigenvalue weighted by molar-refractivity contribution is 6.30. The molecule has 2 amide bonds. The lowest BCUT2D eigenvalue weighted by Gasteiger charge is -2.34. The van der Waals surface area contributed by atoms with Gasteiger partial charge in [0.2, 0.25) is 11.8 Å². The number of carbonyl (C=O) groups excluding carboxylic acids is 2. The predicted octanol–water partition coefficient (Wildman–Crippen LogP) is 3.44. The van der Waals surface area contributed by atoms with Crippen molar-refractivity contribution in [3.8, 4) is 0 Å². The molecule has 6 heteroatoms. The fourth-order valence-corrected chi connectivity index (χ4v) is 3.30. The van der Waals surface area contributed by atoms with Gasteiger partial charge in [0.1, 0.15) is 0 Å². The number of carbonyl (C=O) groups is 2. The van der Waals surface area contributed by atoms with Crippen molar-refractivity contribution >= 4 is 29.1 Å². The number of piperidine rings is 1. The molecule has 5 nitrogen and oxygen atoms in total. The fourth-order valence-electron chi connectivity index (χ4n) is 3.18. The first-order chi connectivity index (χ1) is 12.1. The predicted molar refractivity (Wildman–Crippen MR) is 102 cm³/mol. The van der Waals surface area contributed by atoms with Gasteiger partial charge in [-0.3, -0.25) is 14.5 Å². The first-order valence-corrected chi connectivity index (χ1v) is 9.55. The Morgan fingerprint density at radius 3 is 2.72 bits per heavy atom. The van der Waals surface area contributed by atoms with E-state index in [-0.39, 0.29) is 17.9 Å². The average molecular weight is 366 g/mol. The summed E-state index contributed by atoms with van der Waals surface area (Å²) in [5.74, 6) is 0.0492. The van der Waals surface area contributed by atoms with Gasteiger partial charge in [0.05, 0.1) is 6.04 Å². The van der Waals surface area contributed by atoms with Crippen LogP contribution in [-0.2, 0) is 9.59 Å². The summed E-state index contributed by atoms with van der Waals surface area (Å²) in [4.78, 5) is 26.6. The summed E-state index contributed by atoms with van der Waals surface area (Å²) in [6, 6.07) is 7.02. The standard InChI is InChI=1S/C19H28ClN3O2/c1-2-13-23-14-4-3-6-17(23)19(25)21-12-5-7-18(24)22-16-10-8-15(20)9-11-16/h8-11,17H,2-7,12-14H2,1H3,(H,21,25)(H,22,24). The average Bonchev–Trinajstić information content (AvgIpc) is 2.61. The number of benzene rings is 1. The van der Waals surface area contributed by atoms with Gasteiger partial charge >= 0.3 is 0 Å². The zero-order valence-electron chi connectivity index (χ0n) is 14.9. The summed E-state index contributed by atoms with van der Waals surface area (Å²) in [5, 5.41) is 6.45.